The number of fused-ring (bicyclic) bond motifs is 1. The van der Waals surface area contributed by atoms with E-state index in [0.717, 1.165) is 10.9 Å². The molecule has 0 saturated carbocycles. The molecular weight excluding hydrogens is 270 g/mol. The first-order chi connectivity index (χ1) is 10.0. The lowest BCUT2D eigenvalue weighted by molar-refractivity contribution is -0.142. The topological polar surface area (TPSA) is 70.8 Å². The Bertz CT molecular complexity index is 718. The number of hydrogen-bond donors (Lipinski definition) is 1. The number of rotatable bonds is 2. The van der Waals surface area contributed by atoms with Crippen LogP contribution in [0.2, 0.25) is 0 Å². The molecule has 21 heavy (non-hydrogen) atoms. The van der Waals surface area contributed by atoms with Crippen molar-refractivity contribution in [1.82, 2.24) is 4.90 Å². The van der Waals surface area contributed by atoms with Gasteiger partial charge in [0.05, 0.1) is 0 Å². The molecule has 0 radical (unpaired) electrons. The van der Waals surface area contributed by atoms with Crippen LogP contribution in [0.4, 0.5) is 0 Å². The van der Waals surface area contributed by atoms with Gasteiger partial charge in [0, 0.05) is 17.5 Å². The van der Waals surface area contributed by atoms with Crippen LogP contribution in [0.25, 0.3) is 11.0 Å². The molecule has 2 unspecified atom stereocenters. The zero-order valence-corrected chi connectivity index (χ0v) is 12.0. The maximum atomic E-state index is 12.7. The highest BCUT2D eigenvalue weighted by Gasteiger charge is 2.41. The minimum Gasteiger partial charge on any atom is -0.480 e. The normalized spacial score (nSPS) is 21.9. The second-order valence-corrected chi connectivity index (χ2v) is 5.60. The van der Waals surface area contributed by atoms with E-state index in [-0.39, 0.29) is 17.6 Å². The van der Waals surface area contributed by atoms with Gasteiger partial charge in [-0.3, -0.25) is 4.79 Å². The van der Waals surface area contributed by atoms with Gasteiger partial charge in [-0.05, 0) is 25.3 Å². The summed E-state index contributed by atoms with van der Waals surface area (Å²) in [5, 5.41) is 10.2. The first kappa shape index (κ1) is 13.7. The van der Waals surface area contributed by atoms with E-state index in [4.69, 9.17) is 4.42 Å². The highest BCUT2D eigenvalue weighted by molar-refractivity contribution is 6.00. The summed E-state index contributed by atoms with van der Waals surface area (Å²) in [5.41, 5.74) is 1.41. The largest absolute Gasteiger partial charge is 0.480 e. The molecular formula is C16H17NO4. The van der Waals surface area contributed by atoms with E-state index in [1.165, 1.54) is 4.90 Å². The fraction of sp³-hybridized carbons (Fsp3) is 0.375. The van der Waals surface area contributed by atoms with Gasteiger partial charge in [-0.25, -0.2) is 4.79 Å². The van der Waals surface area contributed by atoms with Crippen LogP contribution in [-0.4, -0.2) is 34.5 Å². The standard InChI is InChI=1S/C16H17NO4/c1-9-7-8-17(13(9)16(19)20)15(18)14-10(2)11-5-3-4-6-12(11)21-14/h3-6,9,13H,7-8H2,1-2H3,(H,19,20). The van der Waals surface area contributed by atoms with Crippen molar-refractivity contribution in [3.63, 3.8) is 0 Å². The maximum absolute atomic E-state index is 12.7. The number of benzene rings is 1. The number of aliphatic carboxylic acids is 1. The number of hydrogen-bond acceptors (Lipinski definition) is 3. The highest BCUT2D eigenvalue weighted by atomic mass is 16.4. The average molecular weight is 287 g/mol. The quantitative estimate of drug-likeness (QED) is 0.921. The molecule has 1 saturated heterocycles. The minimum atomic E-state index is -0.956. The summed E-state index contributed by atoms with van der Waals surface area (Å²) in [6, 6.07) is 6.66. The number of para-hydroxylation sites is 1. The molecule has 1 aromatic heterocycles. The van der Waals surface area contributed by atoms with E-state index < -0.39 is 12.0 Å². The Kier molecular flexibility index (Phi) is 3.20. The van der Waals surface area contributed by atoms with Crippen molar-refractivity contribution in [2.24, 2.45) is 5.92 Å². The summed E-state index contributed by atoms with van der Waals surface area (Å²) in [7, 11) is 0. The number of likely N-dealkylation sites (tertiary alicyclic amines) is 1. The third kappa shape index (κ3) is 2.09. The Hall–Kier alpha value is -2.30. The van der Waals surface area contributed by atoms with Crippen molar-refractivity contribution in [2.45, 2.75) is 26.3 Å². The highest BCUT2D eigenvalue weighted by Crippen LogP contribution is 2.30. The SMILES string of the molecule is Cc1c(C(=O)N2CCC(C)C2C(=O)O)oc2ccccc12. The molecule has 0 bridgehead atoms. The molecule has 110 valence electrons. The van der Waals surface area contributed by atoms with Crippen molar-refractivity contribution >= 4 is 22.8 Å². The number of nitrogens with zero attached hydrogens (tertiary/aromatic N) is 1. The van der Waals surface area contributed by atoms with Gasteiger partial charge in [0.15, 0.2) is 5.76 Å². The van der Waals surface area contributed by atoms with Crippen LogP contribution in [0.3, 0.4) is 0 Å². The molecule has 2 aromatic rings. The number of aryl methyl sites for hydroxylation is 1. The lowest BCUT2D eigenvalue weighted by atomic mass is 10.0. The van der Waals surface area contributed by atoms with Gasteiger partial charge in [-0.15, -0.1) is 0 Å². The van der Waals surface area contributed by atoms with Gasteiger partial charge in [0.25, 0.3) is 5.91 Å². The van der Waals surface area contributed by atoms with E-state index in [2.05, 4.69) is 0 Å². The van der Waals surface area contributed by atoms with E-state index in [1.54, 1.807) is 6.07 Å². The molecule has 5 nitrogen and oxygen atoms in total. The lowest BCUT2D eigenvalue weighted by Crippen LogP contribution is -2.42. The minimum absolute atomic E-state index is 0.0452. The van der Waals surface area contributed by atoms with Crippen molar-refractivity contribution in [3.8, 4) is 0 Å². The van der Waals surface area contributed by atoms with Gasteiger partial charge in [0.1, 0.15) is 11.6 Å². The number of carbonyl (C=O) groups is 2. The molecule has 2 atom stereocenters. The average Bonchev–Trinajstić information content (AvgIpc) is 3.00. The monoisotopic (exact) mass is 287 g/mol. The predicted molar refractivity (Wildman–Crippen MR) is 77.2 cm³/mol. The number of amides is 1. The maximum Gasteiger partial charge on any atom is 0.326 e. The second kappa shape index (κ2) is 4.91. The molecule has 1 amide bonds. The third-order valence-electron chi connectivity index (χ3n) is 4.25. The van der Waals surface area contributed by atoms with Crippen LogP contribution in [0.1, 0.15) is 29.5 Å². The Morgan fingerprint density at radius 2 is 2.05 bits per heavy atom. The van der Waals surface area contributed by atoms with Crippen LogP contribution in [0.5, 0.6) is 0 Å². The second-order valence-electron chi connectivity index (χ2n) is 5.60. The molecule has 1 N–H and O–H groups in total. The van der Waals surface area contributed by atoms with Crippen molar-refractivity contribution < 1.29 is 19.1 Å². The van der Waals surface area contributed by atoms with Crippen LogP contribution >= 0.6 is 0 Å². The van der Waals surface area contributed by atoms with Gasteiger partial charge in [-0.1, -0.05) is 25.1 Å². The molecule has 2 heterocycles. The zero-order chi connectivity index (χ0) is 15.1. The van der Waals surface area contributed by atoms with Crippen molar-refractivity contribution in [2.75, 3.05) is 6.54 Å². The fourth-order valence-corrected chi connectivity index (χ4v) is 3.06. The van der Waals surface area contributed by atoms with Crippen molar-refractivity contribution in [3.05, 3.63) is 35.6 Å². The zero-order valence-electron chi connectivity index (χ0n) is 12.0. The summed E-state index contributed by atoms with van der Waals surface area (Å²) in [6.45, 7) is 4.14. The van der Waals surface area contributed by atoms with Gasteiger partial charge in [0.2, 0.25) is 0 Å². The van der Waals surface area contributed by atoms with Gasteiger partial charge < -0.3 is 14.4 Å². The first-order valence-electron chi connectivity index (χ1n) is 7.02. The Balaban J connectivity index is 2.01. The predicted octanol–water partition coefficient (Wildman–Crippen LogP) is 2.68. The smallest absolute Gasteiger partial charge is 0.326 e. The van der Waals surface area contributed by atoms with E-state index >= 15 is 0 Å². The summed E-state index contributed by atoms with van der Waals surface area (Å²) >= 11 is 0. The number of carboxylic acids is 1. The van der Waals surface area contributed by atoms with Crippen LogP contribution in [0.15, 0.2) is 28.7 Å². The number of carboxylic acid groups (broad SMARTS) is 1. The fourth-order valence-electron chi connectivity index (χ4n) is 3.06. The van der Waals surface area contributed by atoms with E-state index in [9.17, 15) is 14.7 Å². The molecule has 1 fully saturated rings. The van der Waals surface area contributed by atoms with Gasteiger partial charge >= 0.3 is 5.97 Å². The molecule has 0 spiro atoms. The number of carbonyl (C=O) groups excluding carboxylic acids is 1. The van der Waals surface area contributed by atoms with E-state index in [1.807, 2.05) is 32.0 Å². The molecule has 3 rings (SSSR count). The summed E-state index contributed by atoms with van der Waals surface area (Å²) in [4.78, 5) is 25.5. The molecule has 1 aliphatic rings. The number of furan rings is 1. The van der Waals surface area contributed by atoms with Crippen LogP contribution in [-0.2, 0) is 4.79 Å². The molecule has 1 aliphatic heterocycles. The molecule has 0 aliphatic carbocycles. The summed E-state index contributed by atoms with van der Waals surface area (Å²) in [6.07, 6.45) is 0.696. The molecule has 1 aromatic carbocycles. The Morgan fingerprint density at radius 1 is 1.33 bits per heavy atom. The lowest BCUT2D eigenvalue weighted by Gasteiger charge is -2.22. The Labute approximate surface area is 122 Å². The van der Waals surface area contributed by atoms with Gasteiger partial charge in [-0.2, -0.15) is 0 Å². The third-order valence-corrected chi connectivity index (χ3v) is 4.25. The summed E-state index contributed by atoms with van der Waals surface area (Å²) < 4.78 is 5.65. The summed E-state index contributed by atoms with van der Waals surface area (Å²) in [5.74, 6) is -1.09. The molecule has 5 heteroatoms. The first-order valence-corrected chi connectivity index (χ1v) is 7.02. The Morgan fingerprint density at radius 3 is 2.71 bits per heavy atom. The van der Waals surface area contributed by atoms with Crippen LogP contribution in [0, 0.1) is 12.8 Å². The van der Waals surface area contributed by atoms with Crippen molar-refractivity contribution in [1.29, 1.82) is 0 Å². The van der Waals surface area contributed by atoms with Crippen LogP contribution < -0.4 is 0 Å². The van der Waals surface area contributed by atoms with E-state index in [0.29, 0.717) is 18.5 Å².